The highest BCUT2D eigenvalue weighted by atomic mass is 16.6. The predicted octanol–water partition coefficient (Wildman–Crippen LogP) is 8.18. The van der Waals surface area contributed by atoms with Crippen LogP contribution in [-0.2, 0) is 28.6 Å². The molecule has 0 aliphatic carbocycles. The van der Waals surface area contributed by atoms with Gasteiger partial charge in [-0.3, -0.25) is 9.59 Å². The van der Waals surface area contributed by atoms with Crippen molar-refractivity contribution in [1.82, 2.24) is 0 Å². The van der Waals surface area contributed by atoms with Crippen LogP contribution in [-0.4, -0.2) is 75.5 Å². The SMILES string of the molecule is CCCCC/C=C/C=C/CCCCCCCCC(=O)OCC(COCCC(C(=O)[O-])[N+](C)(C)C)OC(=O)CCC/C=C/CCCCCC. The molecule has 0 N–H and O–H groups in total. The van der Waals surface area contributed by atoms with Crippen molar-refractivity contribution in [3.63, 3.8) is 0 Å². The number of rotatable bonds is 33. The van der Waals surface area contributed by atoms with Crippen LogP contribution in [0.5, 0.6) is 0 Å². The van der Waals surface area contributed by atoms with Gasteiger partial charge in [-0.15, -0.1) is 0 Å². The number of aliphatic carboxylic acids is 1. The number of nitrogens with zero attached hydrogens (tertiary/aromatic N) is 1. The lowest BCUT2D eigenvalue weighted by Gasteiger charge is -2.34. The summed E-state index contributed by atoms with van der Waals surface area (Å²) in [5.41, 5.74) is 0. The topological polar surface area (TPSA) is 102 Å². The fourth-order valence-electron chi connectivity index (χ4n) is 5.24. The molecule has 0 aliphatic heterocycles. The molecule has 0 rings (SSSR count). The maximum atomic E-state index is 12.6. The van der Waals surface area contributed by atoms with Gasteiger partial charge in [0, 0.05) is 19.3 Å². The summed E-state index contributed by atoms with van der Waals surface area (Å²) >= 11 is 0. The summed E-state index contributed by atoms with van der Waals surface area (Å²) in [7, 11) is 5.38. The molecule has 0 radical (unpaired) electrons. The van der Waals surface area contributed by atoms with E-state index in [0.717, 1.165) is 51.4 Å². The van der Waals surface area contributed by atoms with Crippen LogP contribution < -0.4 is 5.11 Å². The second-order valence-electron chi connectivity index (χ2n) is 13.8. The number of hydrogen-bond donors (Lipinski definition) is 0. The third-order valence-electron chi connectivity index (χ3n) is 8.28. The van der Waals surface area contributed by atoms with Gasteiger partial charge in [-0.05, 0) is 57.8 Å². The van der Waals surface area contributed by atoms with Crippen LogP contribution in [0.25, 0.3) is 0 Å². The van der Waals surface area contributed by atoms with E-state index < -0.39 is 18.1 Å². The molecule has 0 aliphatic rings. The summed E-state index contributed by atoms with van der Waals surface area (Å²) in [5.74, 6) is -1.80. The first-order chi connectivity index (χ1) is 23.1. The molecule has 2 atom stereocenters. The molecule has 0 aromatic carbocycles. The van der Waals surface area contributed by atoms with Gasteiger partial charge in [0.2, 0.25) is 0 Å². The van der Waals surface area contributed by atoms with E-state index in [1.165, 1.54) is 57.8 Å². The molecule has 0 heterocycles. The van der Waals surface area contributed by atoms with Crippen molar-refractivity contribution in [2.45, 2.75) is 161 Å². The molecule has 0 amide bonds. The van der Waals surface area contributed by atoms with Gasteiger partial charge in [0.15, 0.2) is 6.10 Å². The summed E-state index contributed by atoms with van der Waals surface area (Å²) in [4.78, 5) is 36.5. The van der Waals surface area contributed by atoms with Crippen molar-refractivity contribution in [3.05, 3.63) is 36.5 Å². The highest BCUT2D eigenvalue weighted by Crippen LogP contribution is 2.12. The van der Waals surface area contributed by atoms with E-state index >= 15 is 0 Å². The summed E-state index contributed by atoms with van der Waals surface area (Å²) in [6.07, 6.45) is 33.2. The monoisotopic (exact) mass is 678 g/mol. The van der Waals surface area contributed by atoms with E-state index in [2.05, 4.69) is 50.3 Å². The van der Waals surface area contributed by atoms with Crippen molar-refractivity contribution < 1.29 is 38.2 Å². The van der Waals surface area contributed by atoms with Crippen LogP contribution in [0, 0.1) is 0 Å². The molecular weight excluding hydrogens is 606 g/mol. The molecule has 0 aromatic heterocycles. The van der Waals surface area contributed by atoms with Gasteiger partial charge in [0.25, 0.3) is 0 Å². The van der Waals surface area contributed by atoms with Gasteiger partial charge in [-0.1, -0.05) is 108 Å². The fraction of sp³-hybridized carbons (Fsp3) is 0.775. The molecule has 0 aromatic rings. The Morgan fingerprint density at radius 3 is 1.73 bits per heavy atom. The average Bonchev–Trinajstić information content (AvgIpc) is 3.03. The Labute approximate surface area is 293 Å². The molecule has 8 nitrogen and oxygen atoms in total. The Kier molecular flexibility index (Phi) is 30.2. The number of esters is 2. The van der Waals surface area contributed by atoms with Crippen LogP contribution in [0.3, 0.4) is 0 Å². The van der Waals surface area contributed by atoms with E-state index in [4.69, 9.17) is 14.2 Å². The maximum Gasteiger partial charge on any atom is 0.306 e. The van der Waals surface area contributed by atoms with Gasteiger partial charge in [-0.2, -0.15) is 0 Å². The molecule has 0 fully saturated rings. The fourth-order valence-corrected chi connectivity index (χ4v) is 5.24. The highest BCUT2D eigenvalue weighted by molar-refractivity contribution is 5.70. The second-order valence-corrected chi connectivity index (χ2v) is 13.8. The number of ether oxygens (including phenoxy) is 3. The number of carboxylic acid groups (broad SMARTS) is 1. The van der Waals surface area contributed by atoms with Crippen LogP contribution in [0.4, 0.5) is 0 Å². The van der Waals surface area contributed by atoms with Gasteiger partial charge in [0.05, 0.1) is 40.3 Å². The van der Waals surface area contributed by atoms with Gasteiger partial charge < -0.3 is 28.6 Å². The molecule has 0 spiro atoms. The van der Waals surface area contributed by atoms with E-state index in [0.29, 0.717) is 12.8 Å². The summed E-state index contributed by atoms with van der Waals surface area (Å²) in [6, 6.07) is -0.729. The summed E-state index contributed by atoms with van der Waals surface area (Å²) in [6.45, 7) is 4.53. The van der Waals surface area contributed by atoms with Crippen molar-refractivity contribution in [1.29, 1.82) is 0 Å². The predicted molar refractivity (Wildman–Crippen MR) is 194 cm³/mol. The van der Waals surface area contributed by atoms with Crippen LogP contribution >= 0.6 is 0 Å². The minimum atomic E-state index is -1.13. The number of carbonyl (C=O) groups excluding carboxylic acids is 3. The Morgan fingerprint density at radius 2 is 1.12 bits per heavy atom. The largest absolute Gasteiger partial charge is 0.544 e. The Hall–Kier alpha value is -2.45. The molecule has 0 bridgehead atoms. The Bertz CT molecular complexity index is 891. The number of allylic oxidation sites excluding steroid dienone is 6. The number of hydrogen-bond acceptors (Lipinski definition) is 7. The summed E-state index contributed by atoms with van der Waals surface area (Å²) < 4.78 is 17.0. The van der Waals surface area contributed by atoms with Crippen molar-refractivity contribution in [2.24, 2.45) is 0 Å². The second kappa shape index (κ2) is 31.8. The maximum absolute atomic E-state index is 12.6. The minimum absolute atomic E-state index is 0.0258. The molecule has 48 heavy (non-hydrogen) atoms. The molecule has 0 saturated heterocycles. The quantitative estimate of drug-likeness (QED) is 0.0227. The smallest absolute Gasteiger partial charge is 0.306 e. The van der Waals surface area contributed by atoms with E-state index in [1.807, 2.05) is 0 Å². The zero-order valence-electron chi connectivity index (χ0n) is 31.4. The first-order valence-electron chi connectivity index (χ1n) is 19.0. The van der Waals surface area contributed by atoms with Gasteiger partial charge in [0.1, 0.15) is 12.6 Å². The summed E-state index contributed by atoms with van der Waals surface area (Å²) in [5, 5.41) is 11.6. The van der Waals surface area contributed by atoms with Crippen LogP contribution in [0.1, 0.15) is 149 Å². The number of carboxylic acids is 1. The third kappa shape index (κ3) is 29.7. The molecule has 0 saturated carbocycles. The van der Waals surface area contributed by atoms with Crippen LogP contribution in [0.2, 0.25) is 0 Å². The van der Waals surface area contributed by atoms with Crippen LogP contribution in [0.15, 0.2) is 36.5 Å². The lowest BCUT2D eigenvalue weighted by molar-refractivity contribution is -0.889. The normalized spacial score (nSPS) is 13.4. The van der Waals surface area contributed by atoms with E-state index in [1.54, 1.807) is 21.1 Å². The van der Waals surface area contributed by atoms with E-state index in [9.17, 15) is 19.5 Å². The highest BCUT2D eigenvalue weighted by Gasteiger charge is 2.25. The first kappa shape index (κ1) is 45.6. The zero-order chi connectivity index (χ0) is 35.7. The van der Waals surface area contributed by atoms with Crippen molar-refractivity contribution in [2.75, 3.05) is 41.0 Å². The number of quaternary nitrogens is 1. The molecule has 278 valence electrons. The third-order valence-corrected chi connectivity index (χ3v) is 8.28. The number of carbonyl (C=O) groups is 3. The van der Waals surface area contributed by atoms with Crippen molar-refractivity contribution in [3.8, 4) is 0 Å². The Balaban J connectivity index is 4.43. The first-order valence-corrected chi connectivity index (χ1v) is 19.0. The lowest BCUT2D eigenvalue weighted by Crippen LogP contribution is -2.55. The standard InChI is InChI=1S/C40H71NO7/c1-6-8-10-12-14-16-17-18-19-20-21-23-24-26-28-30-38(42)47-35-36(34-46-33-32-37(40(44)45)41(3,4)5)48-39(43)31-29-27-25-22-15-13-11-9-7-2/h14,16-18,22,25,36-37H,6-13,15,19-21,23-24,26-35H2,1-5H3/b16-14+,18-17+,25-22+. The molecule has 8 heteroatoms. The van der Waals surface area contributed by atoms with Gasteiger partial charge >= 0.3 is 11.9 Å². The van der Waals surface area contributed by atoms with Crippen molar-refractivity contribution >= 4 is 17.9 Å². The molecule has 2 unspecified atom stereocenters. The average molecular weight is 678 g/mol. The molecular formula is C40H71NO7. The number of unbranched alkanes of at least 4 members (excludes halogenated alkanes) is 14. The minimum Gasteiger partial charge on any atom is -0.544 e. The zero-order valence-corrected chi connectivity index (χ0v) is 31.4. The number of likely N-dealkylation sites (N-methyl/N-ethyl adjacent to an activating group) is 1. The lowest BCUT2D eigenvalue weighted by atomic mass is 10.1. The van der Waals surface area contributed by atoms with Gasteiger partial charge in [-0.25, -0.2) is 0 Å². The Morgan fingerprint density at radius 1 is 0.625 bits per heavy atom. The van der Waals surface area contributed by atoms with E-state index in [-0.39, 0.29) is 49.1 Å².